The van der Waals surface area contributed by atoms with Crippen molar-refractivity contribution in [3.8, 4) is 0 Å². The summed E-state index contributed by atoms with van der Waals surface area (Å²) in [6, 6.07) is -0.533. The average Bonchev–Trinajstić information content (AvgIpc) is 2.08. The van der Waals surface area contributed by atoms with Crippen molar-refractivity contribution >= 4 is 0 Å². The summed E-state index contributed by atoms with van der Waals surface area (Å²) in [6.07, 6.45) is -4.87. The number of methoxy groups -OCH3 is 1. The van der Waals surface area contributed by atoms with Crippen molar-refractivity contribution in [2.75, 3.05) is 33.4 Å². The molecule has 92 valence electrons. The molecule has 0 fully saturated rings. The van der Waals surface area contributed by atoms with Crippen molar-refractivity contribution in [3.05, 3.63) is 0 Å². The van der Waals surface area contributed by atoms with Gasteiger partial charge in [-0.15, -0.1) is 0 Å². The minimum atomic E-state index is -4.09. The summed E-state index contributed by atoms with van der Waals surface area (Å²) in [4.78, 5) is 0. The first-order valence-electron chi connectivity index (χ1n) is 4.95. The normalized spacial score (nSPS) is 14.2. The smallest absolute Gasteiger partial charge is 0.383 e. The van der Waals surface area contributed by atoms with Crippen LogP contribution in [0.3, 0.4) is 0 Å². The Morgan fingerprint density at radius 2 is 1.87 bits per heavy atom. The minimum Gasteiger partial charge on any atom is -0.383 e. The Hall–Kier alpha value is -0.330. The van der Waals surface area contributed by atoms with Gasteiger partial charge in [-0.05, 0) is 6.92 Å². The zero-order chi connectivity index (χ0) is 11.7. The third-order valence-electron chi connectivity index (χ3n) is 1.82. The van der Waals surface area contributed by atoms with Crippen LogP contribution < -0.4 is 10.6 Å². The molecule has 3 nitrogen and oxygen atoms in total. The van der Waals surface area contributed by atoms with Crippen molar-refractivity contribution < 1.29 is 17.9 Å². The zero-order valence-corrected chi connectivity index (χ0v) is 9.16. The van der Waals surface area contributed by atoms with Crippen molar-refractivity contribution in [1.82, 2.24) is 10.6 Å². The summed E-state index contributed by atoms with van der Waals surface area (Å²) >= 11 is 0. The number of nitrogens with one attached hydrogen (secondary N) is 2. The van der Waals surface area contributed by atoms with Crippen molar-refractivity contribution in [1.29, 1.82) is 0 Å². The highest BCUT2D eigenvalue weighted by Crippen LogP contribution is 2.20. The lowest BCUT2D eigenvalue weighted by Crippen LogP contribution is -2.36. The molecule has 6 heteroatoms. The van der Waals surface area contributed by atoms with Gasteiger partial charge in [-0.2, -0.15) is 13.2 Å². The van der Waals surface area contributed by atoms with E-state index in [0.29, 0.717) is 26.2 Å². The second-order valence-corrected chi connectivity index (χ2v) is 3.42. The van der Waals surface area contributed by atoms with Gasteiger partial charge in [-0.3, -0.25) is 0 Å². The maximum atomic E-state index is 11.9. The van der Waals surface area contributed by atoms with Crippen LogP contribution in [-0.4, -0.2) is 45.6 Å². The highest BCUT2D eigenvalue weighted by Gasteiger charge is 2.29. The summed E-state index contributed by atoms with van der Waals surface area (Å²) in [5, 5.41) is 5.83. The minimum absolute atomic E-state index is 0.529. The van der Waals surface area contributed by atoms with Crippen LogP contribution in [0.15, 0.2) is 0 Å². The Kier molecular flexibility index (Phi) is 7.72. The molecule has 0 radical (unpaired) electrons. The lowest BCUT2D eigenvalue weighted by Gasteiger charge is -2.15. The van der Waals surface area contributed by atoms with Crippen LogP contribution in [0.1, 0.15) is 13.3 Å². The molecule has 0 heterocycles. The molecule has 15 heavy (non-hydrogen) atoms. The fourth-order valence-electron chi connectivity index (χ4n) is 1.13. The van der Waals surface area contributed by atoms with E-state index in [2.05, 4.69) is 10.6 Å². The molecule has 0 bridgehead atoms. The van der Waals surface area contributed by atoms with Crippen molar-refractivity contribution in [2.45, 2.75) is 25.6 Å². The van der Waals surface area contributed by atoms with Crippen LogP contribution in [-0.2, 0) is 4.74 Å². The van der Waals surface area contributed by atoms with E-state index in [4.69, 9.17) is 4.74 Å². The average molecular weight is 228 g/mol. The van der Waals surface area contributed by atoms with Gasteiger partial charge in [0, 0.05) is 32.8 Å². The molecule has 0 aromatic carbocycles. The molecular formula is C9H19F3N2O. The third-order valence-corrected chi connectivity index (χ3v) is 1.82. The van der Waals surface area contributed by atoms with E-state index in [9.17, 15) is 13.2 Å². The van der Waals surface area contributed by atoms with E-state index < -0.39 is 18.6 Å². The van der Waals surface area contributed by atoms with Crippen LogP contribution >= 0.6 is 0 Å². The molecule has 0 spiro atoms. The van der Waals surface area contributed by atoms with Gasteiger partial charge >= 0.3 is 6.18 Å². The Morgan fingerprint density at radius 3 is 2.40 bits per heavy atom. The maximum Gasteiger partial charge on any atom is 0.390 e. The van der Waals surface area contributed by atoms with E-state index in [1.54, 1.807) is 7.11 Å². The summed E-state index contributed by atoms with van der Waals surface area (Å²) in [7, 11) is 1.60. The van der Waals surface area contributed by atoms with Gasteiger partial charge in [0.15, 0.2) is 0 Å². The molecule has 0 rings (SSSR count). The number of alkyl halides is 3. The van der Waals surface area contributed by atoms with E-state index in [-0.39, 0.29) is 0 Å². The van der Waals surface area contributed by atoms with Crippen molar-refractivity contribution in [3.63, 3.8) is 0 Å². The standard InChI is InChI=1S/C9H19F3N2O/c1-8(7-9(10,11)12)14-4-3-13-5-6-15-2/h8,13-14H,3-7H2,1-2H3. The Morgan fingerprint density at radius 1 is 1.20 bits per heavy atom. The second kappa shape index (κ2) is 7.90. The molecule has 0 saturated heterocycles. The lowest BCUT2D eigenvalue weighted by molar-refractivity contribution is -0.138. The van der Waals surface area contributed by atoms with Gasteiger partial charge in [0.05, 0.1) is 13.0 Å². The molecule has 0 aliphatic rings. The van der Waals surface area contributed by atoms with Gasteiger partial charge in [-0.1, -0.05) is 0 Å². The first-order valence-corrected chi connectivity index (χ1v) is 4.95. The summed E-state index contributed by atoms with van der Waals surface area (Å²) in [5.74, 6) is 0. The van der Waals surface area contributed by atoms with Crippen LogP contribution in [0, 0.1) is 0 Å². The van der Waals surface area contributed by atoms with Gasteiger partial charge < -0.3 is 15.4 Å². The largest absolute Gasteiger partial charge is 0.390 e. The van der Waals surface area contributed by atoms with Gasteiger partial charge in [0.25, 0.3) is 0 Å². The predicted molar refractivity (Wildman–Crippen MR) is 52.9 cm³/mol. The fraction of sp³-hybridized carbons (Fsp3) is 1.00. The number of hydrogen-bond donors (Lipinski definition) is 2. The molecule has 1 unspecified atom stereocenters. The summed E-state index contributed by atoms with van der Waals surface area (Å²) < 4.78 is 40.5. The number of ether oxygens (including phenoxy) is 1. The molecule has 0 aliphatic heterocycles. The molecule has 0 aromatic heterocycles. The monoisotopic (exact) mass is 228 g/mol. The maximum absolute atomic E-state index is 11.9. The Balaban J connectivity index is 3.28. The Labute approximate surface area is 88.4 Å². The lowest BCUT2D eigenvalue weighted by atomic mass is 10.2. The van der Waals surface area contributed by atoms with Crippen LogP contribution in [0.4, 0.5) is 13.2 Å². The quantitative estimate of drug-likeness (QED) is 0.611. The molecule has 1 atom stereocenters. The van der Waals surface area contributed by atoms with E-state index in [0.717, 1.165) is 0 Å². The highest BCUT2D eigenvalue weighted by molar-refractivity contribution is 4.66. The van der Waals surface area contributed by atoms with Crippen LogP contribution in [0.5, 0.6) is 0 Å². The van der Waals surface area contributed by atoms with Crippen molar-refractivity contribution in [2.24, 2.45) is 0 Å². The molecule has 0 saturated carbocycles. The summed E-state index contributed by atoms with van der Waals surface area (Å²) in [6.45, 7) is 4.03. The summed E-state index contributed by atoms with van der Waals surface area (Å²) in [5.41, 5.74) is 0. The molecule has 2 N–H and O–H groups in total. The second-order valence-electron chi connectivity index (χ2n) is 3.42. The fourth-order valence-corrected chi connectivity index (χ4v) is 1.13. The van der Waals surface area contributed by atoms with Crippen LogP contribution in [0.2, 0.25) is 0 Å². The zero-order valence-electron chi connectivity index (χ0n) is 9.16. The predicted octanol–water partition coefficient (Wildman–Crippen LogP) is 1.15. The van der Waals surface area contributed by atoms with E-state index in [1.807, 2.05) is 0 Å². The number of halogens is 3. The third kappa shape index (κ3) is 11.6. The SMILES string of the molecule is COCCNCCNC(C)CC(F)(F)F. The Bertz CT molecular complexity index is 153. The van der Waals surface area contributed by atoms with Gasteiger partial charge in [-0.25, -0.2) is 0 Å². The first kappa shape index (κ1) is 14.7. The molecule has 0 aliphatic carbocycles. The van der Waals surface area contributed by atoms with Gasteiger partial charge in [0.1, 0.15) is 0 Å². The number of hydrogen-bond acceptors (Lipinski definition) is 3. The number of rotatable bonds is 8. The topological polar surface area (TPSA) is 33.3 Å². The van der Waals surface area contributed by atoms with Crippen LogP contribution in [0.25, 0.3) is 0 Å². The van der Waals surface area contributed by atoms with E-state index >= 15 is 0 Å². The molecule has 0 aromatic rings. The molecular weight excluding hydrogens is 209 g/mol. The van der Waals surface area contributed by atoms with E-state index in [1.165, 1.54) is 6.92 Å². The molecule has 0 amide bonds. The highest BCUT2D eigenvalue weighted by atomic mass is 19.4. The van der Waals surface area contributed by atoms with Gasteiger partial charge in [0.2, 0.25) is 0 Å². The first-order chi connectivity index (χ1) is 6.95.